The number of phenolic OH excluding ortho intramolecular Hbond substituents is 2. The third kappa shape index (κ3) is 7.64. The lowest BCUT2D eigenvalue weighted by atomic mass is 9.86. The fourth-order valence-corrected chi connectivity index (χ4v) is 10.4. The van der Waals surface area contributed by atoms with Gasteiger partial charge in [-0.2, -0.15) is 5.10 Å². The molecule has 4 aliphatic heterocycles. The van der Waals surface area contributed by atoms with E-state index < -0.39 is 23.4 Å². The SMILES string of the molecule is CCc1c2c(nc3ccc(OC(=O)N4CCC(N5CCN(Cc6ccc(-n7c(-c8cc(C(C)C)c(O)cc8O)n[nH]c7=O)cc6)CC5)CC4)cc13)-c1cc3c(c(=O)n1C2)COC(=O)C3(O)CC. The van der Waals surface area contributed by atoms with Gasteiger partial charge in [0.25, 0.3) is 5.56 Å². The first-order valence-corrected chi connectivity index (χ1v) is 23.1. The molecule has 0 bridgehead atoms. The van der Waals surface area contributed by atoms with Crippen LogP contribution < -0.4 is 16.0 Å². The molecule has 0 aliphatic carbocycles. The maximum atomic E-state index is 13.7. The number of cyclic esters (lactones) is 1. The zero-order valence-electron chi connectivity index (χ0n) is 38.0. The molecule has 0 radical (unpaired) electrons. The van der Waals surface area contributed by atoms with E-state index >= 15 is 0 Å². The van der Waals surface area contributed by atoms with Crippen molar-refractivity contribution in [2.24, 2.45) is 0 Å². The number of fused-ring (bicyclic) bond motifs is 5. The van der Waals surface area contributed by atoms with E-state index in [1.165, 1.54) is 10.6 Å². The van der Waals surface area contributed by atoms with Crippen molar-refractivity contribution in [3.05, 3.63) is 115 Å². The molecule has 17 heteroatoms. The lowest BCUT2D eigenvalue weighted by Gasteiger charge is -2.42. The topological polar surface area (TPSA) is 209 Å². The number of aromatic amines is 1. The summed E-state index contributed by atoms with van der Waals surface area (Å²) in [5.41, 5.74) is 4.37. The second-order valence-electron chi connectivity index (χ2n) is 18.4. The smallest absolute Gasteiger partial charge is 0.415 e. The molecule has 3 aromatic carbocycles. The quantitative estimate of drug-likeness (QED) is 0.132. The molecule has 10 rings (SSSR count). The van der Waals surface area contributed by atoms with E-state index in [2.05, 4.69) is 20.0 Å². The molecular weight excluding hydrogens is 857 g/mol. The average molecular weight is 911 g/mol. The number of hydrogen-bond acceptors (Lipinski definition) is 13. The van der Waals surface area contributed by atoms with Gasteiger partial charge in [-0.05, 0) is 90.8 Å². The number of piperidine rings is 1. The molecule has 0 spiro atoms. The summed E-state index contributed by atoms with van der Waals surface area (Å²) in [4.78, 5) is 64.5. The molecule has 1 atom stereocenters. The summed E-state index contributed by atoms with van der Waals surface area (Å²) in [6, 6.07) is 18.2. The van der Waals surface area contributed by atoms with Gasteiger partial charge in [0.1, 0.15) is 23.9 Å². The minimum atomic E-state index is -1.90. The Balaban J connectivity index is 0.744. The number of esters is 1. The first-order chi connectivity index (χ1) is 32.3. The van der Waals surface area contributed by atoms with Crippen LogP contribution >= 0.6 is 0 Å². The molecule has 67 heavy (non-hydrogen) atoms. The third-order valence-corrected chi connectivity index (χ3v) is 14.3. The second kappa shape index (κ2) is 17.1. The average Bonchev–Trinajstić information content (AvgIpc) is 3.90. The van der Waals surface area contributed by atoms with Gasteiger partial charge >= 0.3 is 17.8 Å². The molecule has 1 unspecified atom stereocenters. The van der Waals surface area contributed by atoms with Crippen LogP contribution in [-0.2, 0) is 41.2 Å². The number of H-pyrrole nitrogens is 1. The molecule has 4 N–H and O–H groups in total. The number of hydrogen-bond donors (Lipinski definition) is 4. The molecule has 6 aromatic rings. The summed E-state index contributed by atoms with van der Waals surface area (Å²) in [7, 11) is 0. The van der Waals surface area contributed by atoms with Gasteiger partial charge in [-0.25, -0.2) is 29.0 Å². The van der Waals surface area contributed by atoms with Gasteiger partial charge in [-0.1, -0.05) is 39.8 Å². The van der Waals surface area contributed by atoms with Crippen LogP contribution in [0.4, 0.5) is 4.79 Å². The Bertz CT molecular complexity index is 3070. The van der Waals surface area contributed by atoms with Crippen molar-refractivity contribution in [2.45, 2.75) is 90.6 Å². The van der Waals surface area contributed by atoms with Gasteiger partial charge in [0.15, 0.2) is 11.4 Å². The number of likely N-dealkylation sites (tertiary alicyclic amines) is 1. The maximum absolute atomic E-state index is 13.7. The number of aryl methyl sites for hydroxylation is 1. The third-order valence-electron chi connectivity index (χ3n) is 14.3. The van der Waals surface area contributed by atoms with E-state index in [-0.39, 0.29) is 53.0 Å². The molecule has 3 aromatic heterocycles. The first-order valence-electron chi connectivity index (χ1n) is 23.1. The van der Waals surface area contributed by atoms with Gasteiger partial charge in [0.05, 0.1) is 40.3 Å². The van der Waals surface area contributed by atoms with Crippen LogP contribution in [0.1, 0.15) is 86.3 Å². The molecule has 2 fully saturated rings. The Morgan fingerprint density at radius 1 is 0.925 bits per heavy atom. The predicted molar refractivity (Wildman–Crippen MR) is 248 cm³/mol. The fourth-order valence-electron chi connectivity index (χ4n) is 10.4. The van der Waals surface area contributed by atoms with E-state index in [0.29, 0.717) is 71.6 Å². The number of aliphatic hydroxyl groups is 1. The molecule has 17 nitrogen and oxygen atoms in total. The number of aromatic hydroxyl groups is 2. The number of benzene rings is 3. The standard InChI is InChI=1S/C50H54N8O9/c1-5-33-35-21-32(11-12-40(35)51-44-37(33)26-57-41(44)23-39-38(46(57)61)27-66-47(62)50(39,65)6-2)67-49(64)56-15-13-30(14-16-56)55-19-17-54(18-20-55)25-29-7-9-31(10-8-29)58-45(52-53-48(58)63)36-22-34(28(3)4)42(59)24-43(36)60/h7-12,21-24,28,30,59-60,65H,5-6,13-20,25-27H2,1-4H3,(H,53,63). The Labute approximate surface area is 385 Å². The second-order valence-corrected chi connectivity index (χ2v) is 18.4. The van der Waals surface area contributed by atoms with Crippen molar-refractivity contribution in [3.8, 4) is 45.7 Å². The monoisotopic (exact) mass is 910 g/mol. The highest BCUT2D eigenvalue weighted by Crippen LogP contribution is 2.41. The van der Waals surface area contributed by atoms with Gasteiger partial charge in [0.2, 0.25) is 0 Å². The highest BCUT2D eigenvalue weighted by atomic mass is 16.6. The van der Waals surface area contributed by atoms with Crippen LogP contribution in [0.15, 0.2) is 70.3 Å². The van der Waals surface area contributed by atoms with Gasteiger partial charge in [-0.3, -0.25) is 14.6 Å². The number of carbonyl (C=O) groups is 2. The number of pyridine rings is 2. The zero-order chi connectivity index (χ0) is 46.9. The van der Waals surface area contributed by atoms with Crippen molar-refractivity contribution >= 4 is 23.0 Å². The number of phenols is 2. The summed E-state index contributed by atoms with van der Waals surface area (Å²) in [5, 5.41) is 39.9. The largest absolute Gasteiger partial charge is 0.508 e. The van der Waals surface area contributed by atoms with Crippen LogP contribution in [0.25, 0.3) is 39.4 Å². The molecule has 1 amide bonds. The lowest BCUT2D eigenvalue weighted by Crippen LogP contribution is -2.53. The van der Waals surface area contributed by atoms with E-state index in [1.807, 2.05) is 57.2 Å². The fraction of sp³-hybridized carbons (Fsp3) is 0.400. The number of piperazine rings is 1. The number of nitrogens with zero attached hydrogens (tertiary/aromatic N) is 7. The van der Waals surface area contributed by atoms with Crippen LogP contribution in [0.3, 0.4) is 0 Å². The number of nitrogens with one attached hydrogen (secondary N) is 1. The normalized spacial score (nSPS) is 18.8. The van der Waals surface area contributed by atoms with Crippen LogP contribution in [0.2, 0.25) is 0 Å². The predicted octanol–water partition coefficient (Wildman–Crippen LogP) is 5.50. The molecule has 0 saturated carbocycles. The zero-order valence-corrected chi connectivity index (χ0v) is 38.0. The molecule has 348 valence electrons. The summed E-state index contributed by atoms with van der Waals surface area (Å²) in [5.74, 6) is -0.269. The Hall–Kier alpha value is -6.82. The number of amides is 1. The van der Waals surface area contributed by atoms with Crippen LogP contribution in [-0.4, -0.2) is 112 Å². The van der Waals surface area contributed by atoms with Crippen LogP contribution in [0.5, 0.6) is 17.2 Å². The minimum absolute atomic E-state index is 0.00496. The highest BCUT2D eigenvalue weighted by Gasteiger charge is 2.45. The van der Waals surface area contributed by atoms with E-state index in [1.54, 1.807) is 34.6 Å². The minimum Gasteiger partial charge on any atom is -0.508 e. The summed E-state index contributed by atoms with van der Waals surface area (Å²) in [6.45, 7) is 13.3. The number of aromatic nitrogens is 5. The maximum Gasteiger partial charge on any atom is 0.415 e. The van der Waals surface area contributed by atoms with Gasteiger partial charge in [0, 0.05) is 74.4 Å². The molecule has 2 saturated heterocycles. The van der Waals surface area contributed by atoms with Gasteiger partial charge < -0.3 is 34.3 Å². The highest BCUT2D eigenvalue weighted by molar-refractivity contribution is 5.90. The van der Waals surface area contributed by atoms with Crippen molar-refractivity contribution < 1.29 is 34.4 Å². The van der Waals surface area contributed by atoms with Crippen molar-refractivity contribution in [2.75, 3.05) is 39.3 Å². The summed E-state index contributed by atoms with van der Waals surface area (Å²) in [6.07, 6.45) is 2.01. The molecule has 4 aliphatic rings. The number of carbonyl (C=O) groups excluding carboxylic acids is 2. The molecule has 7 heterocycles. The Morgan fingerprint density at radius 2 is 1.67 bits per heavy atom. The van der Waals surface area contributed by atoms with E-state index in [0.717, 1.165) is 67.6 Å². The Kier molecular flexibility index (Phi) is 11.3. The Morgan fingerprint density at radius 3 is 2.37 bits per heavy atom. The van der Waals surface area contributed by atoms with Crippen molar-refractivity contribution in [1.82, 2.24) is 39.0 Å². The van der Waals surface area contributed by atoms with Crippen LogP contribution in [0, 0.1) is 0 Å². The van der Waals surface area contributed by atoms with E-state index in [9.17, 15) is 34.5 Å². The van der Waals surface area contributed by atoms with E-state index in [4.69, 9.17) is 14.5 Å². The summed E-state index contributed by atoms with van der Waals surface area (Å²) < 4.78 is 14.3. The summed E-state index contributed by atoms with van der Waals surface area (Å²) >= 11 is 0. The van der Waals surface area contributed by atoms with Crippen molar-refractivity contribution in [3.63, 3.8) is 0 Å². The van der Waals surface area contributed by atoms with Crippen molar-refractivity contribution in [1.29, 1.82) is 0 Å². The number of rotatable bonds is 9. The van der Waals surface area contributed by atoms with Gasteiger partial charge in [-0.15, -0.1) is 0 Å². The first kappa shape index (κ1) is 44.0. The number of ether oxygens (including phenoxy) is 2. The molecular formula is C50H54N8O9. The lowest BCUT2D eigenvalue weighted by molar-refractivity contribution is -0.172.